The summed E-state index contributed by atoms with van der Waals surface area (Å²) in [5.41, 5.74) is 2.44. The Morgan fingerprint density at radius 2 is 1.93 bits per heavy atom. The van der Waals surface area contributed by atoms with Crippen molar-refractivity contribution in [2.75, 3.05) is 23.1 Å². The van der Waals surface area contributed by atoms with E-state index in [-0.39, 0.29) is 29.1 Å². The molecule has 0 radical (unpaired) electrons. The van der Waals surface area contributed by atoms with Crippen LogP contribution >= 0.6 is 22.9 Å². The van der Waals surface area contributed by atoms with Gasteiger partial charge in [-0.2, -0.15) is 13.2 Å². The molecule has 2 aromatic carbocycles. The lowest BCUT2D eigenvalue weighted by molar-refractivity contribution is -0.192. The zero-order valence-electron chi connectivity index (χ0n) is 23.0. The highest BCUT2D eigenvalue weighted by atomic mass is 35.5. The van der Waals surface area contributed by atoms with Gasteiger partial charge in [-0.05, 0) is 49.2 Å². The van der Waals surface area contributed by atoms with E-state index in [0.717, 1.165) is 32.0 Å². The Labute approximate surface area is 263 Å². The van der Waals surface area contributed by atoms with Crippen LogP contribution in [0.5, 0.6) is 11.6 Å². The van der Waals surface area contributed by atoms with Crippen molar-refractivity contribution < 1.29 is 40.6 Å². The third-order valence-corrected chi connectivity index (χ3v) is 8.44. The Hall–Kier alpha value is -4.06. The van der Waals surface area contributed by atoms with Crippen LogP contribution in [0.3, 0.4) is 0 Å². The molecule has 18 heteroatoms. The lowest BCUT2D eigenvalue weighted by Crippen LogP contribution is -2.38. The molecular formula is C27H25ClF4N6O5S2. The molecule has 3 heterocycles. The molecule has 4 aromatic rings. The van der Waals surface area contributed by atoms with Gasteiger partial charge in [-0.25, -0.2) is 32.6 Å². The van der Waals surface area contributed by atoms with Crippen molar-refractivity contribution >= 4 is 50.6 Å². The van der Waals surface area contributed by atoms with E-state index in [9.17, 15) is 26.0 Å². The summed E-state index contributed by atoms with van der Waals surface area (Å²) in [7, 11) is -3.90. The summed E-state index contributed by atoms with van der Waals surface area (Å²) >= 11 is 7.39. The van der Waals surface area contributed by atoms with Gasteiger partial charge in [-0.3, -0.25) is 4.72 Å². The van der Waals surface area contributed by atoms with Crippen LogP contribution in [0.2, 0.25) is 5.02 Å². The number of nitrogens with one attached hydrogen (secondary N) is 3. The van der Waals surface area contributed by atoms with Gasteiger partial charge in [0.15, 0.2) is 5.82 Å². The number of halogens is 5. The lowest BCUT2D eigenvalue weighted by Gasteiger charge is -2.23. The third kappa shape index (κ3) is 9.97. The second-order valence-electron chi connectivity index (χ2n) is 9.44. The normalized spacial score (nSPS) is 15.0. The second-order valence-corrected chi connectivity index (χ2v) is 12.4. The first-order chi connectivity index (χ1) is 21.3. The molecule has 0 aliphatic carbocycles. The number of hydrogen-bond acceptors (Lipinski definition) is 10. The van der Waals surface area contributed by atoms with Gasteiger partial charge in [0.2, 0.25) is 21.9 Å². The zero-order chi connectivity index (χ0) is 32.6. The number of aromatic nitrogens is 3. The number of thiazole rings is 1. The van der Waals surface area contributed by atoms with Crippen LogP contribution in [0.15, 0.2) is 60.2 Å². The first-order valence-corrected chi connectivity index (χ1v) is 16.0. The molecule has 5 rings (SSSR count). The van der Waals surface area contributed by atoms with Crippen LogP contribution in [0.25, 0.3) is 10.6 Å². The van der Waals surface area contributed by atoms with Crippen molar-refractivity contribution in [1.29, 1.82) is 0 Å². The minimum atomic E-state index is -5.08. The van der Waals surface area contributed by atoms with Gasteiger partial charge >= 0.3 is 12.1 Å². The monoisotopic (exact) mass is 688 g/mol. The average Bonchev–Trinajstić information content (AvgIpc) is 3.44. The topological polar surface area (TPSA) is 155 Å². The summed E-state index contributed by atoms with van der Waals surface area (Å²) in [5, 5.41) is 14.1. The molecule has 1 saturated heterocycles. The highest BCUT2D eigenvalue weighted by Gasteiger charge is 2.38. The highest BCUT2D eigenvalue weighted by Crippen LogP contribution is 2.36. The van der Waals surface area contributed by atoms with Crippen molar-refractivity contribution in [3.63, 3.8) is 0 Å². The smallest absolute Gasteiger partial charge is 0.475 e. The van der Waals surface area contributed by atoms with Gasteiger partial charge in [0.05, 0.1) is 22.6 Å². The quantitative estimate of drug-likeness (QED) is 0.156. The fraction of sp³-hybridized carbons (Fsp3) is 0.259. The van der Waals surface area contributed by atoms with Crippen LogP contribution in [0, 0.1) is 5.82 Å². The molecule has 11 nitrogen and oxygen atoms in total. The van der Waals surface area contributed by atoms with Crippen molar-refractivity contribution in [2.45, 2.75) is 30.8 Å². The first-order valence-electron chi connectivity index (χ1n) is 13.1. The van der Waals surface area contributed by atoms with E-state index < -0.39 is 28.0 Å². The molecule has 1 aliphatic rings. The molecule has 2 aromatic heterocycles. The number of benzene rings is 2. The van der Waals surface area contributed by atoms with Crippen molar-refractivity contribution in [3.8, 4) is 22.2 Å². The number of carboxylic acids is 1. The molecule has 1 aliphatic heterocycles. The average molecular weight is 689 g/mol. The largest absolute Gasteiger partial charge is 0.490 e. The molecular weight excluding hydrogens is 664 g/mol. The highest BCUT2D eigenvalue weighted by molar-refractivity contribution is 7.91. The van der Waals surface area contributed by atoms with Gasteiger partial charge in [-0.15, -0.1) is 11.3 Å². The summed E-state index contributed by atoms with van der Waals surface area (Å²) in [6.45, 7) is 1.86. The maximum absolute atomic E-state index is 14.8. The summed E-state index contributed by atoms with van der Waals surface area (Å²) in [5.74, 6) is -3.02. The number of ether oxygens (including phenoxy) is 1. The van der Waals surface area contributed by atoms with Crippen LogP contribution in [0.1, 0.15) is 18.4 Å². The van der Waals surface area contributed by atoms with Crippen molar-refractivity contribution in [1.82, 2.24) is 20.3 Å². The Morgan fingerprint density at radius 1 is 1.18 bits per heavy atom. The van der Waals surface area contributed by atoms with Gasteiger partial charge in [0, 0.05) is 29.9 Å². The summed E-state index contributed by atoms with van der Waals surface area (Å²) in [6, 6.07) is 12.4. The van der Waals surface area contributed by atoms with E-state index in [0.29, 0.717) is 27.1 Å². The minimum Gasteiger partial charge on any atom is -0.475 e. The fourth-order valence-electron chi connectivity index (χ4n) is 3.97. The molecule has 0 saturated carbocycles. The van der Waals surface area contributed by atoms with E-state index in [2.05, 4.69) is 30.3 Å². The molecule has 4 N–H and O–H groups in total. The maximum atomic E-state index is 14.8. The van der Waals surface area contributed by atoms with E-state index in [1.54, 1.807) is 42.0 Å². The Kier molecular flexibility index (Phi) is 11.1. The van der Waals surface area contributed by atoms with Crippen LogP contribution in [-0.4, -0.2) is 59.8 Å². The van der Waals surface area contributed by atoms with E-state index in [4.69, 9.17) is 26.2 Å². The third-order valence-electron chi connectivity index (χ3n) is 6.02. The Morgan fingerprint density at radius 3 is 2.60 bits per heavy atom. The molecule has 1 atom stereocenters. The van der Waals surface area contributed by atoms with Gasteiger partial charge < -0.3 is 20.5 Å². The summed E-state index contributed by atoms with van der Waals surface area (Å²) in [4.78, 5) is 22.7. The molecule has 45 heavy (non-hydrogen) atoms. The standard InChI is InChI=1S/C25H24ClFN6O3S2.C2HF3O2/c26-19-6-2-1-4-16(19)14-38(34,35)33-21-8-7-18(12-20(21)27)36-24-23(37-15-30-24)22-9-11-29-25(32-22)31-17-5-3-10-28-13-17;3-2(4,5)1(6)7/h1-2,4,6-9,11-12,15,17,28,33H,3,5,10,13-14H2,(H,29,31,32);(H,6,7)/t17-;/m0./s1. The van der Waals surface area contributed by atoms with Crippen LogP contribution in [0.4, 0.5) is 29.2 Å². The van der Waals surface area contributed by atoms with Crippen LogP contribution in [-0.2, 0) is 20.6 Å². The summed E-state index contributed by atoms with van der Waals surface area (Å²) < 4.78 is 79.8. The number of piperidine rings is 1. The predicted molar refractivity (Wildman–Crippen MR) is 161 cm³/mol. The number of anilines is 2. The number of sulfonamides is 1. The number of carbonyl (C=O) groups is 1. The van der Waals surface area contributed by atoms with Gasteiger partial charge in [-0.1, -0.05) is 29.8 Å². The van der Waals surface area contributed by atoms with Gasteiger partial charge in [0.25, 0.3) is 0 Å². The Bertz CT molecular complexity index is 1740. The van der Waals surface area contributed by atoms with Crippen LogP contribution < -0.4 is 20.1 Å². The lowest BCUT2D eigenvalue weighted by atomic mass is 10.1. The summed E-state index contributed by atoms with van der Waals surface area (Å²) in [6.07, 6.45) is -1.30. The second kappa shape index (κ2) is 14.8. The fourth-order valence-corrected chi connectivity index (χ4v) is 6.17. The molecule has 0 bridgehead atoms. The van der Waals surface area contributed by atoms with Crippen molar-refractivity contribution in [2.24, 2.45) is 0 Å². The maximum Gasteiger partial charge on any atom is 0.490 e. The predicted octanol–water partition coefficient (Wildman–Crippen LogP) is 5.92. The first kappa shape index (κ1) is 33.8. The van der Waals surface area contributed by atoms with E-state index >= 15 is 0 Å². The zero-order valence-corrected chi connectivity index (χ0v) is 25.4. The molecule has 0 amide bonds. The number of carboxylic acid groups (broad SMARTS) is 1. The SMILES string of the molecule is O=C(O)C(F)(F)F.O=S(=O)(Cc1ccccc1Cl)Nc1ccc(Oc2ncsc2-c2ccnc(N[C@H]3CCCNC3)n2)cc1F. The molecule has 0 spiro atoms. The number of alkyl halides is 3. The van der Waals surface area contributed by atoms with Crippen molar-refractivity contribution in [3.05, 3.63) is 76.6 Å². The van der Waals surface area contributed by atoms with E-state index in [1.807, 2.05) is 0 Å². The number of rotatable bonds is 9. The number of aliphatic carboxylic acids is 1. The molecule has 1 fully saturated rings. The van der Waals surface area contributed by atoms with Gasteiger partial charge in [0.1, 0.15) is 10.6 Å². The van der Waals surface area contributed by atoms with E-state index in [1.165, 1.54) is 23.5 Å². The minimum absolute atomic E-state index is 0.157. The molecule has 0 unspecified atom stereocenters. The molecule has 240 valence electrons. The number of hydrogen-bond donors (Lipinski definition) is 4. The number of nitrogens with zero attached hydrogens (tertiary/aromatic N) is 3. The Balaban J connectivity index is 0.000000591.